The van der Waals surface area contributed by atoms with E-state index in [9.17, 15) is 0 Å². The Morgan fingerprint density at radius 3 is 1.24 bits per heavy atom. The van der Waals surface area contributed by atoms with E-state index in [-0.39, 0.29) is 27.5 Å². The molecule has 9 aromatic carbocycles. The van der Waals surface area contributed by atoms with Crippen molar-refractivity contribution in [1.29, 1.82) is 0 Å². The van der Waals surface area contributed by atoms with Crippen LogP contribution in [0.2, 0.25) is 0 Å². The molecule has 85 heavy (non-hydrogen) atoms. The third-order valence-electron chi connectivity index (χ3n) is 19.6. The smallest absolute Gasteiger partial charge is 0.140 e. The molecule has 0 unspecified atom stereocenters. The summed E-state index contributed by atoms with van der Waals surface area (Å²) in [5.41, 5.74) is 25.9. The molecule has 0 fully saturated rings. The quantitative estimate of drug-likeness (QED) is 0.0834. The highest BCUT2D eigenvalue weighted by molar-refractivity contribution is 6.04. The maximum atomic E-state index is 18.1. The molecular weight excluding hydrogens is 1030 g/mol. The molecule has 0 saturated carbocycles. The molecule has 0 spiro atoms. The topological polar surface area (TPSA) is 12.9 Å². The van der Waals surface area contributed by atoms with Gasteiger partial charge in [0.1, 0.15) is 5.82 Å². The second-order valence-electron chi connectivity index (χ2n) is 27.1. The molecule has 1 heterocycles. The Hall–Kier alpha value is -7.68. The summed E-state index contributed by atoms with van der Waals surface area (Å²) in [6, 6.07) is 70.4. The Labute approximate surface area is 507 Å². The molecule has 0 bridgehead atoms. The maximum Gasteiger partial charge on any atom is 0.140 e. The van der Waals surface area contributed by atoms with Gasteiger partial charge in [0.2, 0.25) is 0 Å². The summed E-state index contributed by atoms with van der Waals surface area (Å²) >= 11 is 0. The van der Waals surface area contributed by atoms with Crippen molar-refractivity contribution < 1.29 is 4.39 Å². The molecule has 12 rings (SSSR count). The van der Waals surface area contributed by atoms with Crippen molar-refractivity contribution in [3.63, 3.8) is 0 Å². The lowest BCUT2D eigenvalue weighted by molar-refractivity contribution is 0.414. The summed E-state index contributed by atoms with van der Waals surface area (Å²) in [4.78, 5) is 5.03. The van der Waals surface area contributed by atoms with Gasteiger partial charge < -0.3 is 0 Å². The van der Waals surface area contributed by atoms with E-state index in [0.29, 0.717) is 16.8 Å². The zero-order chi connectivity index (χ0) is 59.3. The Morgan fingerprint density at radius 2 is 0.729 bits per heavy atom. The van der Waals surface area contributed by atoms with Gasteiger partial charge in [-0.2, -0.15) is 0 Å². The predicted octanol–water partition coefficient (Wildman–Crippen LogP) is 24.3. The van der Waals surface area contributed by atoms with Gasteiger partial charge in [0.05, 0.1) is 5.69 Å². The minimum Gasteiger partial charge on any atom is -0.255 e. The minimum absolute atomic E-state index is 0.0277. The van der Waals surface area contributed by atoms with Gasteiger partial charge in [-0.3, -0.25) is 4.98 Å². The van der Waals surface area contributed by atoms with E-state index in [0.717, 1.165) is 77.1 Å². The Morgan fingerprint density at radius 1 is 0.329 bits per heavy atom. The highest BCUT2D eigenvalue weighted by Crippen LogP contribution is 2.58. The van der Waals surface area contributed by atoms with Crippen molar-refractivity contribution in [2.24, 2.45) is 0 Å². The van der Waals surface area contributed by atoms with Gasteiger partial charge in [-0.25, -0.2) is 4.39 Å². The summed E-state index contributed by atoms with van der Waals surface area (Å²) in [5, 5.41) is 1.96. The van der Waals surface area contributed by atoms with Crippen LogP contribution in [0.4, 0.5) is 4.39 Å². The predicted molar refractivity (Wildman–Crippen MR) is 362 cm³/mol. The van der Waals surface area contributed by atoms with Crippen molar-refractivity contribution >= 4 is 10.8 Å². The molecule has 430 valence electrons. The van der Waals surface area contributed by atoms with E-state index in [2.05, 4.69) is 239 Å². The first kappa shape index (κ1) is 57.7. The van der Waals surface area contributed by atoms with Crippen molar-refractivity contribution in [1.82, 2.24) is 4.98 Å². The summed E-state index contributed by atoms with van der Waals surface area (Å²) in [6.07, 6.45) is 15.6. The molecule has 0 saturated heterocycles. The Balaban J connectivity index is 0.937. The van der Waals surface area contributed by atoms with Gasteiger partial charge >= 0.3 is 0 Å². The molecule has 2 aliphatic carbocycles. The van der Waals surface area contributed by atoms with Crippen LogP contribution in [0.1, 0.15) is 180 Å². The molecule has 0 aliphatic heterocycles. The van der Waals surface area contributed by atoms with Crippen LogP contribution in [0.5, 0.6) is 0 Å². The standard InChI is InChI=1S/C83H86FN/c1-11-15-44-82(45-16-12-2)74-28-20-19-23-68(74)69-40-33-57(52-75(69)82)58-34-41-70-71-42-35-59(54-77(71)83(46-17-13-3,47-18-14-4)76(70)53-58)66-25-22-27-73(78(66)84)79-72-26-21-24-65(67(72)43-48-85-79)62-50-60(55-29-36-63(37-30-55)80(5,6)7)49-61(51-62)56-31-38-64(39-32-56)81(8,9)10/h19-43,48-54H,11-18,44-47H2,1-10H3. The summed E-state index contributed by atoms with van der Waals surface area (Å²) in [7, 11) is 0. The molecule has 1 nitrogen and oxygen atoms in total. The molecular formula is C83H86FN. The molecule has 0 radical (unpaired) electrons. The number of aromatic nitrogens is 1. The van der Waals surface area contributed by atoms with Crippen molar-refractivity contribution in [2.75, 3.05) is 0 Å². The van der Waals surface area contributed by atoms with Crippen LogP contribution in [-0.2, 0) is 21.7 Å². The SMILES string of the molecule is CCCCC1(CCCC)c2ccccc2-c2ccc(-c3ccc4c(c3)C(CCCC)(CCCC)c3cc(-c5cccc(-c6nccc7c(-c8cc(-c9ccc(C(C)(C)C)cc9)cc(-c9ccc(C(C)(C)C)cc9)c8)cccc67)c5F)ccc3-4)cc21. The second kappa shape index (κ2) is 23.3. The highest BCUT2D eigenvalue weighted by Gasteiger charge is 2.44. The van der Waals surface area contributed by atoms with E-state index >= 15 is 4.39 Å². The first-order valence-corrected chi connectivity index (χ1v) is 32.2. The summed E-state index contributed by atoms with van der Waals surface area (Å²) < 4.78 is 18.1. The van der Waals surface area contributed by atoms with E-state index < -0.39 is 0 Å². The normalized spacial score (nSPS) is 13.9. The summed E-state index contributed by atoms with van der Waals surface area (Å²) in [6.45, 7) is 22.9. The molecule has 0 N–H and O–H groups in total. The number of pyridine rings is 1. The minimum atomic E-state index is -0.243. The van der Waals surface area contributed by atoms with Gasteiger partial charge in [-0.1, -0.05) is 260 Å². The average molecular weight is 1120 g/mol. The first-order valence-electron chi connectivity index (χ1n) is 32.2. The zero-order valence-corrected chi connectivity index (χ0v) is 52.3. The molecule has 1 aromatic heterocycles. The van der Waals surface area contributed by atoms with E-state index in [1.165, 1.54) is 116 Å². The monoisotopic (exact) mass is 1120 g/mol. The first-order chi connectivity index (χ1) is 41.1. The Kier molecular flexibility index (Phi) is 15.8. The number of halogens is 1. The van der Waals surface area contributed by atoms with Crippen LogP contribution >= 0.6 is 0 Å². The van der Waals surface area contributed by atoms with Gasteiger partial charge in [0.15, 0.2) is 0 Å². The largest absolute Gasteiger partial charge is 0.255 e. The lowest BCUT2D eigenvalue weighted by Gasteiger charge is -2.33. The van der Waals surface area contributed by atoms with Crippen LogP contribution in [0.3, 0.4) is 0 Å². The van der Waals surface area contributed by atoms with Gasteiger partial charge in [-0.15, -0.1) is 0 Å². The number of hydrogen-bond acceptors (Lipinski definition) is 1. The van der Waals surface area contributed by atoms with E-state index in [1.54, 1.807) is 0 Å². The van der Waals surface area contributed by atoms with E-state index in [4.69, 9.17) is 4.98 Å². The van der Waals surface area contributed by atoms with Gasteiger partial charge in [0, 0.05) is 33.5 Å². The molecule has 2 aliphatic rings. The number of rotatable bonds is 18. The van der Waals surface area contributed by atoms with Crippen molar-refractivity contribution in [2.45, 2.75) is 168 Å². The third kappa shape index (κ3) is 10.5. The number of nitrogens with zero attached hydrogens (tertiary/aromatic N) is 1. The molecule has 2 heteroatoms. The van der Waals surface area contributed by atoms with Gasteiger partial charge in [-0.05, 0) is 196 Å². The van der Waals surface area contributed by atoms with Crippen molar-refractivity contribution in [3.05, 3.63) is 233 Å². The molecule has 0 amide bonds. The van der Waals surface area contributed by atoms with Crippen LogP contribution in [0, 0.1) is 5.82 Å². The fourth-order valence-electron chi connectivity index (χ4n) is 14.8. The van der Waals surface area contributed by atoms with Crippen LogP contribution in [0.15, 0.2) is 194 Å². The lowest BCUT2D eigenvalue weighted by atomic mass is 9.69. The molecule has 10 aromatic rings. The Bertz CT molecular complexity index is 3990. The van der Waals surface area contributed by atoms with E-state index in [1.807, 2.05) is 24.4 Å². The lowest BCUT2D eigenvalue weighted by Crippen LogP contribution is -2.26. The average Bonchev–Trinajstić information content (AvgIpc) is 1.73. The zero-order valence-electron chi connectivity index (χ0n) is 52.3. The fourth-order valence-corrected chi connectivity index (χ4v) is 14.8. The van der Waals surface area contributed by atoms with Crippen LogP contribution < -0.4 is 0 Å². The van der Waals surface area contributed by atoms with Gasteiger partial charge in [0.25, 0.3) is 0 Å². The number of unbranched alkanes of at least 4 members (excludes halogenated alkanes) is 4. The number of hydrogen-bond donors (Lipinski definition) is 0. The highest BCUT2D eigenvalue weighted by atomic mass is 19.1. The summed E-state index contributed by atoms with van der Waals surface area (Å²) in [5.74, 6) is -0.243. The number of fused-ring (bicyclic) bond motifs is 7. The van der Waals surface area contributed by atoms with Crippen LogP contribution in [-0.4, -0.2) is 4.98 Å². The third-order valence-corrected chi connectivity index (χ3v) is 19.6. The van der Waals surface area contributed by atoms with Crippen LogP contribution in [0.25, 0.3) is 99.9 Å². The van der Waals surface area contributed by atoms with Crippen molar-refractivity contribution in [3.8, 4) is 89.1 Å². The maximum absolute atomic E-state index is 18.1. The fraction of sp³-hybridized carbons (Fsp3) is 0.313. The second-order valence-corrected chi connectivity index (χ2v) is 27.1. The molecule has 0 atom stereocenters. The number of benzene rings is 9.